The monoisotopic (exact) mass is 179 g/mol. The van der Waals surface area contributed by atoms with Gasteiger partial charge in [-0.25, -0.2) is 0 Å². The Morgan fingerprint density at radius 3 is 2.92 bits per heavy atom. The Hall–Kier alpha value is -1.22. The predicted octanol–water partition coefficient (Wildman–Crippen LogP) is 1.78. The summed E-state index contributed by atoms with van der Waals surface area (Å²) in [6, 6.07) is 7.47. The maximum Gasteiger partial charge on any atom is 0.200 e. The van der Waals surface area contributed by atoms with E-state index in [0.29, 0.717) is 5.69 Å². The first kappa shape index (κ1) is 8.38. The smallest absolute Gasteiger partial charge is 0.200 e. The molecule has 70 valence electrons. The molecule has 1 aliphatic heterocycles. The molecule has 1 fully saturated rings. The van der Waals surface area contributed by atoms with Crippen molar-refractivity contribution in [1.82, 2.24) is 0 Å². The van der Waals surface area contributed by atoms with Gasteiger partial charge in [-0.3, -0.25) is 0 Å². The highest BCUT2D eigenvalue weighted by atomic mass is 16.7. The van der Waals surface area contributed by atoms with Crippen molar-refractivity contribution in [2.24, 2.45) is 0 Å². The Morgan fingerprint density at radius 1 is 1.38 bits per heavy atom. The van der Waals surface area contributed by atoms with Crippen LogP contribution in [0.15, 0.2) is 24.3 Å². The molecule has 2 N–H and O–H groups in total. The van der Waals surface area contributed by atoms with Crippen LogP contribution in [0.5, 0.6) is 5.75 Å². The number of nitrogen functional groups attached to an aromatic ring is 1. The van der Waals surface area contributed by atoms with Crippen LogP contribution < -0.4 is 10.5 Å². The summed E-state index contributed by atoms with van der Waals surface area (Å²) in [5.74, 6) is 0.717. The van der Waals surface area contributed by atoms with E-state index in [2.05, 4.69) is 0 Å². The summed E-state index contributed by atoms with van der Waals surface area (Å²) in [7, 11) is 0. The standard InChI is InChI=1S/C10H13NO2/c11-8-4-1-2-5-9(8)13-10-6-3-7-12-10/h1-2,4-5,10H,3,6-7,11H2. The lowest BCUT2D eigenvalue weighted by Gasteiger charge is -2.13. The van der Waals surface area contributed by atoms with Crippen LogP contribution >= 0.6 is 0 Å². The van der Waals surface area contributed by atoms with Gasteiger partial charge in [-0.2, -0.15) is 0 Å². The first-order valence-corrected chi connectivity index (χ1v) is 4.49. The van der Waals surface area contributed by atoms with Crippen molar-refractivity contribution in [2.45, 2.75) is 19.1 Å². The lowest BCUT2D eigenvalue weighted by Crippen LogP contribution is -2.14. The third-order valence-electron chi connectivity index (χ3n) is 2.07. The molecule has 0 amide bonds. The second kappa shape index (κ2) is 3.66. The van der Waals surface area contributed by atoms with Crippen LogP contribution in [0, 0.1) is 0 Å². The van der Waals surface area contributed by atoms with Gasteiger partial charge in [-0.15, -0.1) is 0 Å². The van der Waals surface area contributed by atoms with E-state index >= 15 is 0 Å². The first-order chi connectivity index (χ1) is 6.36. The van der Waals surface area contributed by atoms with Gasteiger partial charge in [0.15, 0.2) is 6.29 Å². The molecule has 0 bridgehead atoms. The lowest BCUT2D eigenvalue weighted by atomic mass is 10.3. The molecule has 3 heteroatoms. The maximum atomic E-state index is 5.72. The minimum Gasteiger partial charge on any atom is -0.463 e. The van der Waals surface area contributed by atoms with Crippen molar-refractivity contribution in [2.75, 3.05) is 12.3 Å². The molecule has 2 rings (SSSR count). The van der Waals surface area contributed by atoms with E-state index in [4.69, 9.17) is 15.2 Å². The van der Waals surface area contributed by atoms with E-state index in [-0.39, 0.29) is 6.29 Å². The summed E-state index contributed by atoms with van der Waals surface area (Å²) in [5, 5.41) is 0. The molecule has 0 aromatic heterocycles. The number of anilines is 1. The van der Waals surface area contributed by atoms with Crippen LogP contribution in [0.1, 0.15) is 12.8 Å². The van der Waals surface area contributed by atoms with Gasteiger partial charge in [0.25, 0.3) is 0 Å². The highest BCUT2D eigenvalue weighted by Gasteiger charge is 2.17. The van der Waals surface area contributed by atoms with Crippen LogP contribution in [0.3, 0.4) is 0 Å². The van der Waals surface area contributed by atoms with E-state index < -0.39 is 0 Å². The van der Waals surface area contributed by atoms with Gasteiger partial charge in [0.1, 0.15) is 5.75 Å². The van der Waals surface area contributed by atoms with E-state index in [1.165, 1.54) is 0 Å². The lowest BCUT2D eigenvalue weighted by molar-refractivity contribution is -0.0385. The Morgan fingerprint density at radius 2 is 2.23 bits per heavy atom. The van der Waals surface area contributed by atoms with Crippen molar-refractivity contribution in [3.8, 4) is 5.75 Å². The van der Waals surface area contributed by atoms with Gasteiger partial charge >= 0.3 is 0 Å². The summed E-state index contributed by atoms with van der Waals surface area (Å²) >= 11 is 0. The van der Waals surface area contributed by atoms with Crippen molar-refractivity contribution < 1.29 is 9.47 Å². The molecule has 1 saturated heterocycles. The quantitative estimate of drug-likeness (QED) is 0.704. The van der Waals surface area contributed by atoms with E-state index in [0.717, 1.165) is 25.2 Å². The number of ether oxygens (including phenoxy) is 2. The molecule has 13 heavy (non-hydrogen) atoms. The Kier molecular flexibility index (Phi) is 2.36. The normalized spacial score (nSPS) is 21.7. The van der Waals surface area contributed by atoms with Gasteiger partial charge < -0.3 is 15.2 Å². The fourth-order valence-electron chi connectivity index (χ4n) is 1.37. The highest BCUT2D eigenvalue weighted by Crippen LogP contribution is 2.24. The minimum atomic E-state index is -0.107. The predicted molar refractivity (Wildman–Crippen MR) is 50.5 cm³/mol. The Balaban J connectivity index is 2.04. The van der Waals surface area contributed by atoms with Crippen LogP contribution in [0.4, 0.5) is 5.69 Å². The molecule has 0 saturated carbocycles. The topological polar surface area (TPSA) is 44.5 Å². The van der Waals surface area contributed by atoms with Gasteiger partial charge in [-0.1, -0.05) is 12.1 Å². The molecule has 1 aromatic carbocycles. The molecule has 0 aliphatic carbocycles. The fraction of sp³-hybridized carbons (Fsp3) is 0.400. The SMILES string of the molecule is Nc1ccccc1OC1CCCO1. The largest absolute Gasteiger partial charge is 0.463 e. The number of benzene rings is 1. The Labute approximate surface area is 77.5 Å². The molecule has 0 radical (unpaired) electrons. The fourth-order valence-corrected chi connectivity index (χ4v) is 1.37. The van der Waals surface area contributed by atoms with Crippen LogP contribution in [0.2, 0.25) is 0 Å². The molecule has 1 aromatic rings. The number of rotatable bonds is 2. The molecule has 3 nitrogen and oxygen atoms in total. The summed E-state index contributed by atoms with van der Waals surface area (Å²) in [5.41, 5.74) is 6.38. The summed E-state index contributed by atoms with van der Waals surface area (Å²) in [6.07, 6.45) is 1.91. The Bertz CT molecular complexity index is 282. The summed E-state index contributed by atoms with van der Waals surface area (Å²) < 4.78 is 10.9. The molecule has 1 heterocycles. The third-order valence-corrected chi connectivity index (χ3v) is 2.07. The molecular weight excluding hydrogens is 166 g/mol. The molecule has 1 unspecified atom stereocenters. The molecular formula is C10H13NO2. The maximum absolute atomic E-state index is 5.72. The van der Waals surface area contributed by atoms with Crippen LogP contribution in [0.25, 0.3) is 0 Å². The average Bonchev–Trinajstić information content (AvgIpc) is 2.61. The summed E-state index contributed by atoms with van der Waals surface area (Å²) in [4.78, 5) is 0. The number of nitrogens with two attached hydrogens (primary N) is 1. The highest BCUT2D eigenvalue weighted by molar-refractivity contribution is 5.51. The first-order valence-electron chi connectivity index (χ1n) is 4.49. The van der Waals surface area contributed by atoms with Gasteiger partial charge in [0.2, 0.25) is 0 Å². The van der Waals surface area contributed by atoms with Gasteiger partial charge in [-0.05, 0) is 18.6 Å². The molecule has 1 aliphatic rings. The third kappa shape index (κ3) is 1.92. The summed E-state index contributed by atoms with van der Waals surface area (Å²) in [6.45, 7) is 0.789. The van der Waals surface area contributed by atoms with Crippen molar-refractivity contribution in [3.63, 3.8) is 0 Å². The second-order valence-corrected chi connectivity index (χ2v) is 3.10. The average molecular weight is 179 g/mol. The zero-order valence-electron chi connectivity index (χ0n) is 7.40. The zero-order chi connectivity index (χ0) is 9.10. The molecule has 1 atom stereocenters. The molecule has 0 spiro atoms. The van der Waals surface area contributed by atoms with Crippen LogP contribution in [-0.2, 0) is 4.74 Å². The van der Waals surface area contributed by atoms with Crippen molar-refractivity contribution in [3.05, 3.63) is 24.3 Å². The van der Waals surface area contributed by atoms with Gasteiger partial charge in [0.05, 0.1) is 12.3 Å². The van der Waals surface area contributed by atoms with E-state index in [9.17, 15) is 0 Å². The number of hydrogen-bond acceptors (Lipinski definition) is 3. The van der Waals surface area contributed by atoms with Crippen molar-refractivity contribution in [1.29, 1.82) is 0 Å². The van der Waals surface area contributed by atoms with Crippen LogP contribution in [-0.4, -0.2) is 12.9 Å². The van der Waals surface area contributed by atoms with Gasteiger partial charge in [0, 0.05) is 6.42 Å². The number of para-hydroxylation sites is 2. The number of hydrogen-bond donors (Lipinski definition) is 1. The van der Waals surface area contributed by atoms with E-state index in [1.807, 2.05) is 24.3 Å². The minimum absolute atomic E-state index is 0.107. The van der Waals surface area contributed by atoms with E-state index in [1.54, 1.807) is 0 Å². The zero-order valence-corrected chi connectivity index (χ0v) is 7.40. The van der Waals surface area contributed by atoms with Crippen molar-refractivity contribution >= 4 is 5.69 Å². The second-order valence-electron chi connectivity index (χ2n) is 3.10.